The van der Waals surface area contributed by atoms with Gasteiger partial charge in [0.15, 0.2) is 5.78 Å². The summed E-state index contributed by atoms with van der Waals surface area (Å²) in [6, 6.07) is 7.12. The van der Waals surface area contributed by atoms with Crippen molar-refractivity contribution in [3.8, 4) is 0 Å². The van der Waals surface area contributed by atoms with Gasteiger partial charge < -0.3 is 4.74 Å². The van der Waals surface area contributed by atoms with Gasteiger partial charge in [0.05, 0.1) is 0 Å². The van der Waals surface area contributed by atoms with Crippen LogP contribution in [0.4, 0.5) is 0 Å². The summed E-state index contributed by atoms with van der Waals surface area (Å²) in [5.74, 6) is 0.647. The zero-order valence-corrected chi connectivity index (χ0v) is 12.4. The number of benzene rings is 1. The van der Waals surface area contributed by atoms with Crippen LogP contribution in [-0.2, 0) is 4.74 Å². The summed E-state index contributed by atoms with van der Waals surface area (Å²) < 4.78 is 5.90. The van der Waals surface area contributed by atoms with Crippen LogP contribution in [0.15, 0.2) is 24.3 Å². The number of halogens is 1. The van der Waals surface area contributed by atoms with Gasteiger partial charge >= 0.3 is 0 Å². The number of carbonyl (C=O) groups is 1. The van der Waals surface area contributed by atoms with E-state index in [2.05, 4.69) is 6.92 Å². The third-order valence-corrected chi connectivity index (χ3v) is 4.15. The van der Waals surface area contributed by atoms with Gasteiger partial charge in [-0.05, 0) is 56.4 Å². The smallest absolute Gasteiger partial charge is 0.194 e. The van der Waals surface area contributed by atoms with E-state index in [-0.39, 0.29) is 5.78 Å². The van der Waals surface area contributed by atoms with Gasteiger partial charge in [0.1, 0.15) is 5.60 Å². The van der Waals surface area contributed by atoms with E-state index in [9.17, 15) is 4.79 Å². The van der Waals surface area contributed by atoms with Gasteiger partial charge in [-0.3, -0.25) is 4.79 Å². The zero-order valence-electron chi connectivity index (χ0n) is 11.6. The van der Waals surface area contributed by atoms with E-state index in [4.69, 9.17) is 16.3 Å². The Morgan fingerprint density at radius 2 is 2.11 bits per heavy atom. The summed E-state index contributed by atoms with van der Waals surface area (Å²) in [5, 5.41) is 0.652. The maximum atomic E-state index is 12.8. The Hall–Kier alpha value is -0.860. The standard InChI is InChI=1S/C16H21ClO2/c1-3-19-16(10-4-5-12(2)11-16)15(18)13-6-8-14(17)9-7-13/h6-9,12H,3-5,10-11H2,1-2H3. The fraction of sp³-hybridized carbons (Fsp3) is 0.562. The normalized spacial score (nSPS) is 27.2. The Kier molecular flexibility index (Phi) is 4.64. The highest BCUT2D eigenvalue weighted by Gasteiger charge is 2.42. The molecule has 1 aromatic rings. The fourth-order valence-corrected chi connectivity index (χ4v) is 3.17. The highest BCUT2D eigenvalue weighted by Crippen LogP contribution is 2.37. The molecule has 0 heterocycles. The molecule has 3 heteroatoms. The van der Waals surface area contributed by atoms with Crippen molar-refractivity contribution in [1.82, 2.24) is 0 Å². The first kappa shape index (κ1) is 14.5. The predicted molar refractivity (Wildman–Crippen MR) is 77.8 cm³/mol. The second-order valence-corrected chi connectivity index (χ2v) is 5.90. The zero-order chi connectivity index (χ0) is 13.9. The lowest BCUT2D eigenvalue weighted by atomic mass is 9.75. The monoisotopic (exact) mass is 280 g/mol. The van der Waals surface area contributed by atoms with Crippen molar-refractivity contribution in [3.05, 3.63) is 34.9 Å². The van der Waals surface area contributed by atoms with Crippen LogP contribution in [0.5, 0.6) is 0 Å². The lowest BCUT2D eigenvalue weighted by molar-refractivity contribution is -0.0511. The molecule has 0 amide bonds. The molecule has 0 spiro atoms. The first-order valence-electron chi connectivity index (χ1n) is 7.02. The van der Waals surface area contributed by atoms with Crippen LogP contribution in [-0.4, -0.2) is 18.0 Å². The summed E-state index contributed by atoms with van der Waals surface area (Å²) in [6.07, 6.45) is 3.89. The number of carbonyl (C=O) groups excluding carboxylic acids is 1. The third-order valence-electron chi connectivity index (χ3n) is 3.90. The topological polar surface area (TPSA) is 26.3 Å². The van der Waals surface area contributed by atoms with Crippen molar-refractivity contribution >= 4 is 17.4 Å². The van der Waals surface area contributed by atoms with E-state index in [0.717, 1.165) is 19.3 Å². The molecule has 0 radical (unpaired) electrons. The average Bonchev–Trinajstić information content (AvgIpc) is 2.39. The van der Waals surface area contributed by atoms with Crippen LogP contribution in [0.1, 0.15) is 49.9 Å². The van der Waals surface area contributed by atoms with Crippen LogP contribution < -0.4 is 0 Å². The average molecular weight is 281 g/mol. The SMILES string of the molecule is CCOC1(C(=O)c2ccc(Cl)cc2)CCCC(C)C1. The van der Waals surface area contributed by atoms with Crippen molar-refractivity contribution < 1.29 is 9.53 Å². The predicted octanol–water partition coefficient (Wildman–Crippen LogP) is 4.51. The Morgan fingerprint density at radius 3 is 2.68 bits per heavy atom. The Bertz CT molecular complexity index is 437. The second-order valence-electron chi connectivity index (χ2n) is 5.46. The highest BCUT2D eigenvalue weighted by atomic mass is 35.5. The molecule has 0 bridgehead atoms. The molecule has 1 aliphatic carbocycles. The van der Waals surface area contributed by atoms with Gasteiger partial charge in [-0.25, -0.2) is 0 Å². The van der Waals surface area contributed by atoms with Crippen LogP contribution in [0.2, 0.25) is 5.02 Å². The summed E-state index contributed by atoms with van der Waals surface area (Å²) in [5.41, 5.74) is 0.0761. The lowest BCUT2D eigenvalue weighted by Crippen LogP contribution is -2.45. The molecule has 0 aromatic heterocycles. The minimum atomic E-state index is -0.625. The maximum Gasteiger partial charge on any atom is 0.194 e. The van der Waals surface area contributed by atoms with Gasteiger partial charge in [0.2, 0.25) is 0 Å². The maximum absolute atomic E-state index is 12.8. The number of ether oxygens (including phenoxy) is 1. The highest BCUT2D eigenvalue weighted by molar-refractivity contribution is 6.30. The molecule has 0 N–H and O–H groups in total. The molecule has 1 aromatic carbocycles. The second kappa shape index (κ2) is 6.06. The molecule has 2 unspecified atom stereocenters. The van der Waals surface area contributed by atoms with E-state index in [1.54, 1.807) is 24.3 Å². The summed E-state index contributed by atoms with van der Waals surface area (Å²) in [7, 11) is 0. The molecule has 2 nitrogen and oxygen atoms in total. The van der Waals surface area contributed by atoms with Gasteiger partial charge in [0.25, 0.3) is 0 Å². The molecule has 1 aliphatic rings. The minimum absolute atomic E-state index is 0.109. The van der Waals surface area contributed by atoms with E-state index in [0.29, 0.717) is 23.1 Å². The number of hydrogen-bond donors (Lipinski definition) is 0. The van der Waals surface area contributed by atoms with Crippen LogP contribution in [0.3, 0.4) is 0 Å². The molecular formula is C16H21ClO2. The summed E-state index contributed by atoms with van der Waals surface area (Å²) in [6.45, 7) is 4.73. The lowest BCUT2D eigenvalue weighted by Gasteiger charge is -2.38. The van der Waals surface area contributed by atoms with Crippen LogP contribution >= 0.6 is 11.6 Å². The molecule has 19 heavy (non-hydrogen) atoms. The fourth-order valence-electron chi connectivity index (χ4n) is 3.05. The van der Waals surface area contributed by atoms with Crippen LogP contribution in [0.25, 0.3) is 0 Å². The Morgan fingerprint density at radius 1 is 1.42 bits per heavy atom. The largest absolute Gasteiger partial charge is 0.367 e. The Balaban J connectivity index is 2.27. The van der Waals surface area contributed by atoms with Gasteiger partial charge in [-0.1, -0.05) is 24.9 Å². The first-order chi connectivity index (χ1) is 9.07. The van der Waals surface area contributed by atoms with Crippen molar-refractivity contribution in [2.24, 2.45) is 5.92 Å². The van der Waals surface area contributed by atoms with Gasteiger partial charge in [-0.15, -0.1) is 0 Å². The molecule has 2 rings (SSSR count). The van der Waals surface area contributed by atoms with E-state index in [1.807, 2.05) is 6.92 Å². The summed E-state index contributed by atoms with van der Waals surface area (Å²) >= 11 is 5.88. The number of Topliss-reactive ketones (excluding diaryl/α,β-unsaturated/α-hetero) is 1. The van der Waals surface area contributed by atoms with Crippen LogP contribution in [0, 0.1) is 5.92 Å². The van der Waals surface area contributed by atoms with E-state index < -0.39 is 5.60 Å². The van der Waals surface area contributed by atoms with E-state index >= 15 is 0 Å². The molecule has 0 saturated heterocycles. The van der Waals surface area contributed by atoms with Crippen molar-refractivity contribution in [2.45, 2.75) is 45.1 Å². The van der Waals surface area contributed by atoms with Crippen molar-refractivity contribution in [1.29, 1.82) is 0 Å². The number of hydrogen-bond acceptors (Lipinski definition) is 2. The van der Waals surface area contributed by atoms with E-state index in [1.165, 1.54) is 6.42 Å². The third kappa shape index (κ3) is 3.18. The summed E-state index contributed by atoms with van der Waals surface area (Å²) in [4.78, 5) is 12.8. The van der Waals surface area contributed by atoms with Crippen molar-refractivity contribution in [3.63, 3.8) is 0 Å². The molecule has 2 atom stereocenters. The molecule has 104 valence electrons. The first-order valence-corrected chi connectivity index (χ1v) is 7.39. The van der Waals surface area contributed by atoms with Crippen molar-refractivity contribution in [2.75, 3.05) is 6.61 Å². The quantitative estimate of drug-likeness (QED) is 0.759. The van der Waals surface area contributed by atoms with Gasteiger partial charge in [0, 0.05) is 17.2 Å². The van der Waals surface area contributed by atoms with Gasteiger partial charge in [-0.2, -0.15) is 0 Å². The number of rotatable bonds is 4. The minimum Gasteiger partial charge on any atom is -0.367 e. The molecule has 1 saturated carbocycles. The molecular weight excluding hydrogens is 260 g/mol. The molecule has 1 fully saturated rings. The number of ketones is 1. The molecule has 0 aliphatic heterocycles. The Labute approximate surface area is 120 Å².